The van der Waals surface area contributed by atoms with Crippen LogP contribution in [-0.4, -0.2) is 36.2 Å². The van der Waals surface area contributed by atoms with Crippen LogP contribution in [0.4, 0.5) is 0 Å². The first kappa shape index (κ1) is 15.5. The smallest absolute Gasteiger partial charge is 0.182 e. The Labute approximate surface area is 141 Å². The van der Waals surface area contributed by atoms with E-state index >= 15 is 0 Å². The van der Waals surface area contributed by atoms with Crippen molar-refractivity contribution in [1.82, 2.24) is 25.0 Å². The van der Waals surface area contributed by atoms with Crippen LogP contribution in [0.1, 0.15) is 62.3 Å². The SMILES string of the molecule is Cn1nnc(-c2ncc(OC3CCCCC3)c(C3CC3)n2)c1CO. The molecule has 0 amide bonds. The summed E-state index contributed by atoms with van der Waals surface area (Å²) >= 11 is 0. The average molecular weight is 329 g/mol. The maximum absolute atomic E-state index is 9.53. The fraction of sp³-hybridized carbons (Fsp3) is 0.647. The summed E-state index contributed by atoms with van der Waals surface area (Å²) in [4.78, 5) is 9.17. The summed E-state index contributed by atoms with van der Waals surface area (Å²) in [5.41, 5.74) is 2.16. The molecule has 128 valence electrons. The minimum absolute atomic E-state index is 0.138. The summed E-state index contributed by atoms with van der Waals surface area (Å²) in [5, 5.41) is 17.6. The topological polar surface area (TPSA) is 86.0 Å². The molecule has 7 nitrogen and oxygen atoms in total. The van der Waals surface area contributed by atoms with Crippen LogP contribution in [0.3, 0.4) is 0 Å². The van der Waals surface area contributed by atoms with Gasteiger partial charge in [0.2, 0.25) is 0 Å². The second-order valence-corrected chi connectivity index (χ2v) is 6.76. The summed E-state index contributed by atoms with van der Waals surface area (Å²) in [6.45, 7) is -0.138. The number of rotatable bonds is 5. The molecular formula is C17H23N5O2. The third-order valence-electron chi connectivity index (χ3n) is 4.90. The number of hydrogen-bond donors (Lipinski definition) is 1. The lowest BCUT2D eigenvalue weighted by Crippen LogP contribution is -2.20. The molecule has 7 heteroatoms. The zero-order valence-electron chi connectivity index (χ0n) is 14.0. The van der Waals surface area contributed by atoms with Gasteiger partial charge in [0, 0.05) is 13.0 Å². The monoisotopic (exact) mass is 329 g/mol. The number of aliphatic hydroxyl groups excluding tert-OH is 1. The predicted octanol–water partition coefficient (Wildman–Crippen LogP) is 2.35. The number of ether oxygens (including phenoxy) is 1. The standard InChI is InChI=1S/C17H23N5O2/c1-22-13(10-23)16(20-21-22)17-18-9-14(15(19-17)11-7-8-11)24-12-5-3-2-4-6-12/h9,11-12,23H,2-8,10H2,1H3. The molecule has 2 fully saturated rings. The van der Waals surface area contributed by atoms with Gasteiger partial charge in [0.15, 0.2) is 17.3 Å². The van der Waals surface area contributed by atoms with Gasteiger partial charge in [0.25, 0.3) is 0 Å². The van der Waals surface area contributed by atoms with Crippen LogP contribution >= 0.6 is 0 Å². The van der Waals surface area contributed by atoms with Gasteiger partial charge in [-0.25, -0.2) is 14.6 Å². The molecule has 4 rings (SSSR count). The summed E-state index contributed by atoms with van der Waals surface area (Å²) < 4.78 is 7.78. The molecule has 0 bridgehead atoms. The molecule has 2 aromatic rings. The molecule has 24 heavy (non-hydrogen) atoms. The molecule has 0 aromatic carbocycles. The van der Waals surface area contributed by atoms with Crippen molar-refractivity contribution in [3.05, 3.63) is 17.6 Å². The molecule has 0 radical (unpaired) electrons. The Balaban J connectivity index is 1.64. The van der Waals surface area contributed by atoms with Crippen molar-refractivity contribution in [2.75, 3.05) is 0 Å². The van der Waals surface area contributed by atoms with Gasteiger partial charge >= 0.3 is 0 Å². The molecule has 0 unspecified atom stereocenters. The van der Waals surface area contributed by atoms with Crippen molar-refractivity contribution in [1.29, 1.82) is 0 Å². The number of aryl methyl sites for hydroxylation is 1. The van der Waals surface area contributed by atoms with E-state index in [1.807, 2.05) is 0 Å². The Kier molecular flexibility index (Phi) is 4.18. The Morgan fingerprint density at radius 3 is 2.71 bits per heavy atom. The largest absolute Gasteiger partial charge is 0.487 e. The molecule has 0 saturated heterocycles. The molecular weight excluding hydrogens is 306 g/mol. The summed E-state index contributed by atoms with van der Waals surface area (Å²) in [6.07, 6.45) is 10.4. The predicted molar refractivity (Wildman–Crippen MR) is 87.4 cm³/mol. The summed E-state index contributed by atoms with van der Waals surface area (Å²) in [6, 6.07) is 0. The Bertz CT molecular complexity index is 720. The van der Waals surface area contributed by atoms with Gasteiger partial charge in [-0.05, 0) is 38.5 Å². The average Bonchev–Trinajstić information content (AvgIpc) is 3.39. The molecule has 0 aliphatic heterocycles. The number of nitrogens with zero attached hydrogens (tertiary/aromatic N) is 5. The van der Waals surface area contributed by atoms with Gasteiger partial charge in [0.05, 0.1) is 30.3 Å². The highest BCUT2D eigenvalue weighted by molar-refractivity contribution is 5.53. The minimum Gasteiger partial charge on any atom is -0.487 e. The summed E-state index contributed by atoms with van der Waals surface area (Å²) in [7, 11) is 1.75. The maximum atomic E-state index is 9.53. The normalized spacial score (nSPS) is 18.8. The third-order valence-corrected chi connectivity index (χ3v) is 4.90. The number of hydrogen-bond acceptors (Lipinski definition) is 6. The molecule has 0 atom stereocenters. The quantitative estimate of drug-likeness (QED) is 0.906. The molecule has 1 N–H and O–H groups in total. The van der Waals surface area contributed by atoms with Crippen LogP contribution in [0.2, 0.25) is 0 Å². The first-order chi connectivity index (χ1) is 11.8. The van der Waals surface area contributed by atoms with Crippen LogP contribution in [0.15, 0.2) is 6.20 Å². The van der Waals surface area contributed by atoms with Crippen molar-refractivity contribution < 1.29 is 9.84 Å². The van der Waals surface area contributed by atoms with E-state index in [1.54, 1.807) is 17.9 Å². The molecule has 0 spiro atoms. The van der Waals surface area contributed by atoms with E-state index in [2.05, 4.69) is 15.3 Å². The lowest BCUT2D eigenvalue weighted by atomic mass is 9.98. The van der Waals surface area contributed by atoms with E-state index in [0.717, 1.165) is 37.1 Å². The van der Waals surface area contributed by atoms with Gasteiger partial charge in [-0.2, -0.15) is 0 Å². The first-order valence-corrected chi connectivity index (χ1v) is 8.79. The highest BCUT2D eigenvalue weighted by atomic mass is 16.5. The Hall–Kier alpha value is -2.02. The number of aromatic nitrogens is 5. The van der Waals surface area contributed by atoms with Crippen molar-refractivity contribution in [2.24, 2.45) is 7.05 Å². The van der Waals surface area contributed by atoms with Crippen LogP contribution in [-0.2, 0) is 13.7 Å². The Morgan fingerprint density at radius 2 is 2.00 bits per heavy atom. The molecule has 2 aliphatic rings. The van der Waals surface area contributed by atoms with Gasteiger partial charge < -0.3 is 9.84 Å². The van der Waals surface area contributed by atoms with E-state index in [1.165, 1.54) is 19.3 Å². The van der Waals surface area contributed by atoms with E-state index in [9.17, 15) is 5.11 Å². The van der Waals surface area contributed by atoms with Gasteiger partial charge in [-0.15, -0.1) is 5.10 Å². The van der Waals surface area contributed by atoms with Crippen LogP contribution in [0.25, 0.3) is 11.5 Å². The highest BCUT2D eigenvalue weighted by Gasteiger charge is 2.31. The maximum Gasteiger partial charge on any atom is 0.182 e. The molecule has 2 saturated carbocycles. The fourth-order valence-corrected chi connectivity index (χ4v) is 3.33. The van der Waals surface area contributed by atoms with Crippen molar-refractivity contribution in [3.63, 3.8) is 0 Å². The first-order valence-electron chi connectivity index (χ1n) is 8.79. The highest BCUT2D eigenvalue weighted by Crippen LogP contribution is 2.44. The van der Waals surface area contributed by atoms with Crippen LogP contribution in [0, 0.1) is 0 Å². The Morgan fingerprint density at radius 1 is 1.21 bits per heavy atom. The van der Waals surface area contributed by atoms with Crippen LogP contribution < -0.4 is 4.74 Å². The zero-order chi connectivity index (χ0) is 16.5. The number of aliphatic hydroxyl groups is 1. The van der Waals surface area contributed by atoms with E-state index < -0.39 is 0 Å². The molecule has 2 aromatic heterocycles. The van der Waals surface area contributed by atoms with Crippen molar-refractivity contribution in [3.8, 4) is 17.3 Å². The minimum atomic E-state index is -0.138. The lowest BCUT2D eigenvalue weighted by Gasteiger charge is -2.23. The van der Waals surface area contributed by atoms with Crippen molar-refractivity contribution in [2.45, 2.75) is 63.6 Å². The lowest BCUT2D eigenvalue weighted by molar-refractivity contribution is 0.152. The van der Waals surface area contributed by atoms with Gasteiger partial charge in [-0.1, -0.05) is 11.6 Å². The van der Waals surface area contributed by atoms with Gasteiger partial charge in [-0.3, -0.25) is 0 Å². The molecule has 2 heterocycles. The second kappa shape index (κ2) is 6.47. The third kappa shape index (κ3) is 3.00. The van der Waals surface area contributed by atoms with E-state index in [0.29, 0.717) is 23.1 Å². The van der Waals surface area contributed by atoms with Crippen LogP contribution in [0.5, 0.6) is 5.75 Å². The fourth-order valence-electron chi connectivity index (χ4n) is 3.33. The second-order valence-electron chi connectivity index (χ2n) is 6.76. The van der Waals surface area contributed by atoms with Crippen molar-refractivity contribution >= 4 is 0 Å². The van der Waals surface area contributed by atoms with E-state index in [-0.39, 0.29) is 12.7 Å². The van der Waals surface area contributed by atoms with Gasteiger partial charge in [0.1, 0.15) is 0 Å². The zero-order valence-corrected chi connectivity index (χ0v) is 14.0. The summed E-state index contributed by atoms with van der Waals surface area (Å²) in [5.74, 6) is 1.80. The molecule has 2 aliphatic carbocycles. The van der Waals surface area contributed by atoms with E-state index in [4.69, 9.17) is 9.72 Å².